The minimum atomic E-state index is -0.433. The van der Waals surface area contributed by atoms with Crippen LogP contribution in [0.2, 0.25) is 0 Å². The highest BCUT2D eigenvalue weighted by Crippen LogP contribution is 2.22. The topological polar surface area (TPSA) is 70.2 Å². The van der Waals surface area contributed by atoms with Gasteiger partial charge in [0.05, 0.1) is 17.7 Å². The first-order valence-corrected chi connectivity index (χ1v) is 6.21. The molecule has 0 aliphatic carbocycles. The molecule has 2 rings (SSSR count). The Hall–Kier alpha value is -1.89. The van der Waals surface area contributed by atoms with E-state index in [-0.39, 0.29) is 5.69 Å². The lowest BCUT2D eigenvalue weighted by atomic mass is 10.3. The Balaban J connectivity index is 2.36. The van der Waals surface area contributed by atoms with Crippen LogP contribution in [0.25, 0.3) is 5.69 Å². The van der Waals surface area contributed by atoms with Crippen molar-refractivity contribution in [1.29, 1.82) is 0 Å². The molecule has 94 valence electrons. The second-order valence-electron chi connectivity index (χ2n) is 3.52. The summed E-state index contributed by atoms with van der Waals surface area (Å²) in [6, 6.07) is 6.17. The maximum absolute atomic E-state index is 10.6. The largest absolute Gasteiger partial charge is 0.480 e. The molecule has 7 heteroatoms. The molecule has 1 aromatic heterocycles. The summed E-state index contributed by atoms with van der Waals surface area (Å²) in [5.41, 5.74) is 1.71. The molecule has 0 atom stereocenters. The third-order valence-electron chi connectivity index (χ3n) is 2.41. The molecule has 0 unspecified atom stereocenters. The fourth-order valence-corrected chi connectivity index (χ4v) is 1.90. The van der Waals surface area contributed by atoms with Crippen LogP contribution in [-0.2, 0) is 5.33 Å². The second kappa shape index (κ2) is 5.18. The fraction of sp³-hybridized carbons (Fsp3) is 0.182. The molecule has 0 spiro atoms. The van der Waals surface area contributed by atoms with Gasteiger partial charge in [-0.05, 0) is 12.1 Å². The zero-order valence-corrected chi connectivity index (χ0v) is 11.1. The smallest absolute Gasteiger partial charge is 0.269 e. The van der Waals surface area contributed by atoms with Crippen LogP contribution >= 0.6 is 15.9 Å². The first-order chi connectivity index (χ1) is 8.65. The van der Waals surface area contributed by atoms with E-state index in [4.69, 9.17) is 4.74 Å². The van der Waals surface area contributed by atoms with Gasteiger partial charge in [0.1, 0.15) is 0 Å². The first-order valence-electron chi connectivity index (χ1n) is 5.09. The average molecular weight is 312 g/mol. The summed E-state index contributed by atoms with van der Waals surface area (Å²) >= 11 is 3.34. The van der Waals surface area contributed by atoms with E-state index < -0.39 is 4.92 Å². The van der Waals surface area contributed by atoms with Crippen molar-refractivity contribution in [2.75, 3.05) is 7.11 Å². The molecule has 2 aromatic rings. The molecule has 1 aromatic carbocycles. The molecule has 0 radical (unpaired) electrons. The number of non-ortho nitro benzene ring substituents is 1. The van der Waals surface area contributed by atoms with Crippen molar-refractivity contribution in [2.45, 2.75) is 5.33 Å². The summed E-state index contributed by atoms with van der Waals surface area (Å²) in [6.45, 7) is 0. The highest BCUT2D eigenvalue weighted by molar-refractivity contribution is 9.08. The quantitative estimate of drug-likeness (QED) is 0.494. The van der Waals surface area contributed by atoms with Crippen LogP contribution < -0.4 is 4.74 Å². The fourth-order valence-electron chi connectivity index (χ4n) is 1.52. The summed E-state index contributed by atoms with van der Waals surface area (Å²) < 4.78 is 6.75. The predicted octanol–water partition coefficient (Wildman–Crippen LogP) is 2.68. The maximum atomic E-state index is 10.6. The lowest BCUT2D eigenvalue weighted by Crippen LogP contribution is -1.96. The molecule has 0 saturated heterocycles. The standard InChI is InChI=1S/C11H10BrN3O3/c1-18-11-8(6-12)7-14(13-11)9-2-4-10(5-3-9)15(16)17/h2-5,7H,6H2,1H3. The van der Waals surface area contributed by atoms with Crippen LogP contribution in [0.15, 0.2) is 30.5 Å². The van der Waals surface area contributed by atoms with Gasteiger partial charge in [-0.25, -0.2) is 4.68 Å². The second-order valence-corrected chi connectivity index (χ2v) is 4.08. The molecule has 18 heavy (non-hydrogen) atoms. The lowest BCUT2D eigenvalue weighted by molar-refractivity contribution is -0.384. The van der Waals surface area contributed by atoms with Crippen LogP contribution in [0.3, 0.4) is 0 Å². The monoisotopic (exact) mass is 311 g/mol. The van der Waals surface area contributed by atoms with Crippen LogP contribution in [0.1, 0.15) is 5.56 Å². The summed E-state index contributed by atoms with van der Waals surface area (Å²) in [4.78, 5) is 10.1. The van der Waals surface area contributed by atoms with Crippen LogP contribution in [0, 0.1) is 10.1 Å². The van der Waals surface area contributed by atoms with Crippen LogP contribution in [0.5, 0.6) is 5.88 Å². The van der Waals surface area contributed by atoms with E-state index in [0.717, 1.165) is 11.3 Å². The van der Waals surface area contributed by atoms with E-state index in [1.165, 1.54) is 12.1 Å². The minimum absolute atomic E-state index is 0.0542. The molecule has 0 amide bonds. The maximum Gasteiger partial charge on any atom is 0.269 e. The number of aromatic nitrogens is 2. The molecule has 0 aliphatic rings. The Morgan fingerprint density at radius 3 is 2.56 bits per heavy atom. The summed E-state index contributed by atoms with van der Waals surface area (Å²) in [7, 11) is 1.55. The van der Waals surface area contributed by atoms with Crippen molar-refractivity contribution in [3.8, 4) is 11.6 Å². The Morgan fingerprint density at radius 2 is 2.11 bits per heavy atom. The van der Waals surface area contributed by atoms with Crippen molar-refractivity contribution in [3.05, 3.63) is 46.1 Å². The number of rotatable bonds is 4. The van der Waals surface area contributed by atoms with Gasteiger partial charge in [-0.2, -0.15) is 0 Å². The number of benzene rings is 1. The summed E-state index contributed by atoms with van der Waals surface area (Å²) in [6.07, 6.45) is 1.81. The van der Waals surface area contributed by atoms with Gasteiger partial charge in [0.25, 0.3) is 5.69 Å². The van der Waals surface area contributed by atoms with Gasteiger partial charge in [0.2, 0.25) is 5.88 Å². The highest BCUT2D eigenvalue weighted by atomic mass is 79.9. The SMILES string of the molecule is COc1nn(-c2ccc([N+](=O)[O-])cc2)cc1CBr. The van der Waals surface area contributed by atoms with E-state index in [1.807, 2.05) is 6.20 Å². The Morgan fingerprint density at radius 1 is 1.44 bits per heavy atom. The Labute approximate surface area is 111 Å². The van der Waals surface area contributed by atoms with Gasteiger partial charge < -0.3 is 4.74 Å². The first kappa shape index (κ1) is 12.6. The number of nitro groups is 1. The molecular weight excluding hydrogens is 302 g/mol. The number of hydrogen-bond acceptors (Lipinski definition) is 4. The molecule has 0 bridgehead atoms. The highest BCUT2D eigenvalue weighted by Gasteiger charge is 2.10. The lowest BCUT2D eigenvalue weighted by Gasteiger charge is -1.99. The summed E-state index contributed by atoms with van der Waals surface area (Å²) in [5.74, 6) is 0.533. The van der Waals surface area contributed by atoms with E-state index in [2.05, 4.69) is 21.0 Å². The van der Waals surface area contributed by atoms with E-state index >= 15 is 0 Å². The van der Waals surface area contributed by atoms with E-state index in [0.29, 0.717) is 11.2 Å². The molecule has 6 nitrogen and oxygen atoms in total. The number of nitrogens with zero attached hydrogens (tertiary/aromatic N) is 3. The Bertz CT molecular complexity index is 544. The molecule has 1 heterocycles. The predicted molar refractivity (Wildman–Crippen MR) is 69.4 cm³/mol. The van der Waals surface area contributed by atoms with Gasteiger partial charge in [-0.3, -0.25) is 10.1 Å². The summed E-state index contributed by atoms with van der Waals surface area (Å²) in [5, 5.41) is 15.4. The number of methoxy groups -OCH3 is 1. The zero-order valence-electron chi connectivity index (χ0n) is 9.54. The van der Waals surface area contributed by atoms with Gasteiger partial charge in [0, 0.05) is 29.2 Å². The third kappa shape index (κ3) is 2.35. The van der Waals surface area contributed by atoms with Crippen molar-refractivity contribution in [3.63, 3.8) is 0 Å². The normalized spacial score (nSPS) is 10.3. The van der Waals surface area contributed by atoms with Gasteiger partial charge >= 0.3 is 0 Å². The number of ether oxygens (including phenoxy) is 1. The molecule has 0 N–H and O–H groups in total. The third-order valence-corrected chi connectivity index (χ3v) is 3.02. The zero-order chi connectivity index (χ0) is 13.1. The Kier molecular flexibility index (Phi) is 3.61. The number of alkyl halides is 1. The van der Waals surface area contributed by atoms with E-state index in [9.17, 15) is 10.1 Å². The van der Waals surface area contributed by atoms with E-state index in [1.54, 1.807) is 23.9 Å². The van der Waals surface area contributed by atoms with Crippen LogP contribution in [-0.4, -0.2) is 21.8 Å². The molecular formula is C11H10BrN3O3. The number of halogens is 1. The van der Waals surface area contributed by atoms with Gasteiger partial charge in [-0.15, -0.1) is 5.10 Å². The number of nitro benzene ring substituents is 1. The minimum Gasteiger partial charge on any atom is -0.480 e. The molecule has 0 aliphatic heterocycles. The molecule has 0 fully saturated rings. The van der Waals surface area contributed by atoms with Crippen molar-refractivity contribution >= 4 is 21.6 Å². The van der Waals surface area contributed by atoms with Gasteiger partial charge in [0.15, 0.2) is 0 Å². The van der Waals surface area contributed by atoms with Gasteiger partial charge in [-0.1, -0.05) is 15.9 Å². The van der Waals surface area contributed by atoms with Crippen molar-refractivity contribution in [2.24, 2.45) is 0 Å². The van der Waals surface area contributed by atoms with Crippen LogP contribution in [0.4, 0.5) is 5.69 Å². The average Bonchev–Trinajstić information content (AvgIpc) is 2.82. The molecule has 0 saturated carbocycles. The van der Waals surface area contributed by atoms with Crippen molar-refractivity contribution < 1.29 is 9.66 Å². The van der Waals surface area contributed by atoms with Crippen molar-refractivity contribution in [1.82, 2.24) is 9.78 Å². The number of hydrogen-bond donors (Lipinski definition) is 0.